The summed E-state index contributed by atoms with van der Waals surface area (Å²) in [5.41, 5.74) is 2.12. The largest absolute Gasteiger partial charge is 0.487 e. The number of benzene rings is 2. The quantitative estimate of drug-likeness (QED) is 0.539. The summed E-state index contributed by atoms with van der Waals surface area (Å²) in [7, 11) is 0. The predicted octanol–water partition coefficient (Wildman–Crippen LogP) is 4.19. The first-order valence-electron chi connectivity index (χ1n) is 7.80. The first-order chi connectivity index (χ1) is 12.2. The van der Waals surface area contributed by atoms with Crippen LogP contribution in [0.2, 0.25) is 0 Å². The lowest BCUT2D eigenvalue weighted by Crippen LogP contribution is -1.98. The van der Waals surface area contributed by atoms with Crippen molar-refractivity contribution in [3.63, 3.8) is 0 Å². The molecule has 0 saturated carbocycles. The van der Waals surface area contributed by atoms with Crippen molar-refractivity contribution in [3.8, 4) is 17.2 Å². The first kappa shape index (κ1) is 16.4. The number of aromatic nitrogens is 2. The molecule has 0 spiro atoms. The average Bonchev–Trinajstić information content (AvgIpc) is 3.15. The normalized spacial score (nSPS) is 10.2. The summed E-state index contributed by atoms with van der Waals surface area (Å²) >= 11 is 0. The van der Waals surface area contributed by atoms with Crippen LogP contribution in [-0.4, -0.2) is 22.1 Å². The number of rotatable bonds is 8. The predicted molar refractivity (Wildman–Crippen MR) is 96.1 cm³/mol. The van der Waals surface area contributed by atoms with E-state index in [4.69, 9.17) is 20.3 Å². The molecule has 3 aromatic rings. The summed E-state index contributed by atoms with van der Waals surface area (Å²) in [5.74, 6) is 2.14. The lowest BCUT2D eigenvalue weighted by atomic mass is 10.1. The number of hydrogen-bond acceptors (Lipinski definition) is 5. The van der Waals surface area contributed by atoms with E-state index in [-0.39, 0.29) is 0 Å². The van der Waals surface area contributed by atoms with Crippen LogP contribution in [0.3, 0.4) is 0 Å². The van der Waals surface area contributed by atoms with Crippen molar-refractivity contribution >= 4 is 11.9 Å². The third kappa shape index (κ3) is 4.54. The molecule has 1 heterocycles. The third-order valence-electron chi connectivity index (χ3n) is 3.52. The van der Waals surface area contributed by atoms with Crippen LogP contribution in [0.15, 0.2) is 60.8 Å². The Labute approximate surface area is 145 Å². The average molecular weight is 334 g/mol. The second kappa shape index (κ2) is 7.92. The summed E-state index contributed by atoms with van der Waals surface area (Å²) < 4.78 is 11.4. The van der Waals surface area contributed by atoms with E-state index in [9.17, 15) is 0 Å². The number of nitrogens with one attached hydrogen (secondary N) is 3. The van der Waals surface area contributed by atoms with E-state index in [1.54, 1.807) is 6.20 Å². The molecule has 0 atom stereocenters. The number of aromatic amines is 1. The Bertz CT molecular complexity index is 825. The topological polar surface area (TPSA) is 94.8 Å². The van der Waals surface area contributed by atoms with E-state index < -0.39 is 0 Å². The standard InChI is InChI=1S/C19H18N4O2/c20-11-9-19(21)14-1-3-17(4-2-14)25-18-7-5-16(6-8-18)24-13-15-10-12-22-23-15/h1-8,10-12,20-21H,9,13H2,(H,22,23). The minimum Gasteiger partial charge on any atom is -0.487 e. The maximum absolute atomic E-state index is 7.82. The molecule has 0 aliphatic carbocycles. The van der Waals surface area contributed by atoms with Crippen LogP contribution in [0.4, 0.5) is 0 Å². The zero-order valence-electron chi connectivity index (χ0n) is 13.5. The van der Waals surface area contributed by atoms with Gasteiger partial charge in [-0.2, -0.15) is 5.10 Å². The minimum absolute atomic E-state index is 0.334. The Morgan fingerprint density at radius 1 is 0.960 bits per heavy atom. The summed E-state index contributed by atoms with van der Waals surface area (Å²) in [5, 5.41) is 21.6. The molecule has 126 valence electrons. The van der Waals surface area contributed by atoms with Gasteiger partial charge >= 0.3 is 0 Å². The van der Waals surface area contributed by atoms with Gasteiger partial charge in [0.25, 0.3) is 0 Å². The molecular formula is C19H18N4O2. The maximum Gasteiger partial charge on any atom is 0.130 e. The monoisotopic (exact) mass is 334 g/mol. The van der Waals surface area contributed by atoms with Crippen LogP contribution in [0.25, 0.3) is 0 Å². The van der Waals surface area contributed by atoms with Gasteiger partial charge in [0.2, 0.25) is 0 Å². The van der Waals surface area contributed by atoms with Crippen molar-refractivity contribution in [1.29, 1.82) is 10.8 Å². The lowest BCUT2D eigenvalue weighted by Gasteiger charge is -2.09. The minimum atomic E-state index is 0.334. The lowest BCUT2D eigenvalue weighted by molar-refractivity contribution is 0.300. The molecule has 0 fully saturated rings. The molecule has 6 heteroatoms. The Balaban J connectivity index is 1.57. The number of ether oxygens (including phenoxy) is 2. The van der Waals surface area contributed by atoms with Crippen molar-refractivity contribution in [3.05, 3.63) is 72.1 Å². The number of nitrogens with zero attached hydrogens (tertiary/aromatic N) is 1. The van der Waals surface area contributed by atoms with Gasteiger partial charge in [-0.15, -0.1) is 0 Å². The van der Waals surface area contributed by atoms with Gasteiger partial charge in [0.15, 0.2) is 0 Å². The van der Waals surface area contributed by atoms with E-state index in [0.29, 0.717) is 30.2 Å². The SMILES string of the molecule is N=CCC(=N)c1ccc(Oc2ccc(OCc3ccn[nH]3)cc2)cc1. The highest BCUT2D eigenvalue weighted by Crippen LogP contribution is 2.24. The molecule has 0 radical (unpaired) electrons. The van der Waals surface area contributed by atoms with Gasteiger partial charge < -0.3 is 20.3 Å². The van der Waals surface area contributed by atoms with Crippen molar-refractivity contribution in [1.82, 2.24) is 10.2 Å². The molecule has 25 heavy (non-hydrogen) atoms. The summed E-state index contributed by atoms with van der Waals surface area (Å²) in [6, 6.07) is 16.5. The van der Waals surface area contributed by atoms with E-state index in [1.807, 2.05) is 54.6 Å². The maximum atomic E-state index is 7.82. The second-order valence-corrected chi connectivity index (χ2v) is 5.36. The Morgan fingerprint density at radius 2 is 1.60 bits per heavy atom. The van der Waals surface area contributed by atoms with Gasteiger partial charge in [0.1, 0.15) is 23.9 Å². The molecule has 2 aromatic carbocycles. The van der Waals surface area contributed by atoms with Crippen molar-refractivity contribution in [2.24, 2.45) is 0 Å². The van der Waals surface area contributed by atoms with E-state index >= 15 is 0 Å². The van der Waals surface area contributed by atoms with Crippen molar-refractivity contribution < 1.29 is 9.47 Å². The van der Waals surface area contributed by atoms with E-state index in [2.05, 4.69) is 10.2 Å². The Morgan fingerprint density at radius 3 is 2.20 bits per heavy atom. The molecule has 0 amide bonds. The molecule has 6 nitrogen and oxygen atoms in total. The Kier molecular flexibility index (Phi) is 5.21. The number of hydrogen-bond donors (Lipinski definition) is 3. The highest BCUT2D eigenvalue weighted by atomic mass is 16.5. The Hall–Kier alpha value is -3.41. The highest BCUT2D eigenvalue weighted by molar-refractivity contribution is 6.04. The molecular weight excluding hydrogens is 316 g/mol. The second-order valence-electron chi connectivity index (χ2n) is 5.36. The fraction of sp³-hybridized carbons (Fsp3) is 0.105. The summed E-state index contributed by atoms with van der Waals surface area (Å²) in [6.07, 6.45) is 3.25. The summed E-state index contributed by atoms with van der Waals surface area (Å²) in [4.78, 5) is 0. The van der Waals surface area contributed by atoms with Crippen LogP contribution in [0.5, 0.6) is 17.2 Å². The molecule has 1 aromatic heterocycles. The number of H-pyrrole nitrogens is 1. The molecule has 0 aliphatic rings. The molecule has 0 unspecified atom stereocenters. The van der Waals surface area contributed by atoms with Crippen LogP contribution < -0.4 is 9.47 Å². The van der Waals surface area contributed by atoms with Crippen LogP contribution >= 0.6 is 0 Å². The third-order valence-corrected chi connectivity index (χ3v) is 3.52. The molecule has 3 rings (SSSR count). The van der Waals surface area contributed by atoms with Crippen LogP contribution in [0.1, 0.15) is 17.7 Å². The first-order valence-corrected chi connectivity index (χ1v) is 7.80. The highest BCUT2D eigenvalue weighted by Gasteiger charge is 2.03. The van der Waals surface area contributed by atoms with Crippen molar-refractivity contribution in [2.45, 2.75) is 13.0 Å². The van der Waals surface area contributed by atoms with Crippen LogP contribution in [0, 0.1) is 10.8 Å². The smallest absolute Gasteiger partial charge is 0.130 e. The zero-order chi connectivity index (χ0) is 17.5. The van der Waals surface area contributed by atoms with Gasteiger partial charge in [-0.1, -0.05) is 0 Å². The zero-order valence-corrected chi connectivity index (χ0v) is 13.5. The van der Waals surface area contributed by atoms with Gasteiger partial charge in [-0.25, -0.2) is 0 Å². The van der Waals surface area contributed by atoms with Gasteiger partial charge in [-0.3, -0.25) is 5.10 Å². The van der Waals surface area contributed by atoms with E-state index in [0.717, 1.165) is 17.0 Å². The van der Waals surface area contributed by atoms with Gasteiger partial charge in [0, 0.05) is 24.5 Å². The molecule has 0 bridgehead atoms. The van der Waals surface area contributed by atoms with E-state index in [1.165, 1.54) is 6.21 Å². The molecule has 3 N–H and O–H groups in total. The molecule has 0 saturated heterocycles. The van der Waals surface area contributed by atoms with Gasteiger partial charge in [-0.05, 0) is 60.2 Å². The van der Waals surface area contributed by atoms with Gasteiger partial charge in [0.05, 0.1) is 5.69 Å². The summed E-state index contributed by atoms with van der Waals surface area (Å²) in [6.45, 7) is 0.434. The van der Waals surface area contributed by atoms with Crippen LogP contribution in [-0.2, 0) is 6.61 Å². The van der Waals surface area contributed by atoms with Crippen molar-refractivity contribution in [2.75, 3.05) is 0 Å². The fourth-order valence-electron chi connectivity index (χ4n) is 2.21. The molecule has 0 aliphatic heterocycles. The fourth-order valence-corrected chi connectivity index (χ4v) is 2.21.